The van der Waals surface area contributed by atoms with Gasteiger partial charge in [-0.25, -0.2) is 4.98 Å². The van der Waals surface area contributed by atoms with Crippen LogP contribution in [0.2, 0.25) is 0 Å². The van der Waals surface area contributed by atoms with Crippen molar-refractivity contribution in [1.29, 1.82) is 5.26 Å². The minimum absolute atomic E-state index is 0.00970. The van der Waals surface area contributed by atoms with Crippen molar-refractivity contribution in [2.45, 2.75) is 39.0 Å². The van der Waals surface area contributed by atoms with E-state index in [0.717, 1.165) is 12.0 Å². The number of aryl methyl sites for hydroxylation is 2. The molecule has 0 aliphatic heterocycles. The van der Waals surface area contributed by atoms with Crippen molar-refractivity contribution in [1.82, 2.24) is 4.98 Å². The molecule has 1 aromatic heterocycles. The van der Waals surface area contributed by atoms with E-state index < -0.39 is 5.41 Å². The van der Waals surface area contributed by atoms with Crippen LogP contribution in [-0.4, -0.2) is 10.9 Å². The maximum absolute atomic E-state index is 13.7. The summed E-state index contributed by atoms with van der Waals surface area (Å²) in [6, 6.07) is 21.0. The van der Waals surface area contributed by atoms with E-state index in [4.69, 9.17) is 0 Å². The first-order chi connectivity index (χ1) is 14.4. The number of fused-ring (bicyclic) bond motifs is 1. The molecule has 0 saturated heterocycles. The number of benzene rings is 2. The monoisotopic (exact) mass is 393 g/mol. The van der Waals surface area contributed by atoms with Crippen LogP contribution in [0.25, 0.3) is 0 Å². The lowest BCUT2D eigenvalue weighted by molar-refractivity contribution is -0.126. The highest BCUT2D eigenvalue weighted by Crippen LogP contribution is 2.61. The molecule has 1 N–H and O–H groups in total. The molecule has 3 aliphatic carbocycles. The zero-order valence-electron chi connectivity index (χ0n) is 17.4. The number of hydrogen-bond acceptors (Lipinski definition) is 3. The minimum atomic E-state index is -0.579. The first kappa shape index (κ1) is 18.6. The number of pyridine rings is 1. The smallest absolute Gasteiger partial charge is 0.232 e. The molecule has 0 fully saturated rings. The van der Waals surface area contributed by atoms with Gasteiger partial charge in [-0.2, -0.15) is 5.26 Å². The molecular weight excluding hydrogens is 370 g/mol. The number of rotatable bonds is 2. The first-order valence-electron chi connectivity index (χ1n) is 10.3. The van der Waals surface area contributed by atoms with Gasteiger partial charge in [0, 0.05) is 11.8 Å². The van der Waals surface area contributed by atoms with Gasteiger partial charge in [-0.3, -0.25) is 4.79 Å². The Balaban J connectivity index is 1.57. The highest BCUT2D eigenvalue weighted by molar-refractivity contribution is 5.96. The van der Waals surface area contributed by atoms with Crippen LogP contribution in [0.5, 0.6) is 0 Å². The largest absolute Gasteiger partial charge is 0.310 e. The van der Waals surface area contributed by atoms with Crippen molar-refractivity contribution in [3.05, 3.63) is 93.7 Å². The van der Waals surface area contributed by atoms with E-state index in [0.29, 0.717) is 17.1 Å². The molecule has 3 aromatic rings. The van der Waals surface area contributed by atoms with Crippen molar-refractivity contribution in [3.63, 3.8) is 0 Å². The fourth-order valence-electron chi connectivity index (χ4n) is 5.51. The zero-order valence-corrected chi connectivity index (χ0v) is 17.4. The van der Waals surface area contributed by atoms with Gasteiger partial charge in [0.2, 0.25) is 5.91 Å². The number of nitrogens with one attached hydrogen (secondary N) is 1. The molecule has 1 unspecified atom stereocenters. The molecular formula is C26H23N3O. The number of amides is 1. The Hall–Kier alpha value is -3.45. The maximum Gasteiger partial charge on any atom is 0.232 e. The highest BCUT2D eigenvalue weighted by Gasteiger charge is 2.53. The van der Waals surface area contributed by atoms with E-state index in [-0.39, 0.29) is 17.7 Å². The van der Waals surface area contributed by atoms with Gasteiger partial charge in [-0.15, -0.1) is 0 Å². The van der Waals surface area contributed by atoms with Crippen molar-refractivity contribution in [2.24, 2.45) is 5.41 Å². The number of nitriles is 1. The van der Waals surface area contributed by atoms with Crippen LogP contribution in [0, 0.1) is 30.6 Å². The molecule has 1 heterocycles. The topological polar surface area (TPSA) is 65.8 Å². The molecule has 1 amide bonds. The van der Waals surface area contributed by atoms with E-state index >= 15 is 0 Å². The van der Waals surface area contributed by atoms with Crippen LogP contribution in [0.4, 0.5) is 5.82 Å². The van der Waals surface area contributed by atoms with E-state index in [1.54, 1.807) is 13.0 Å². The average Bonchev–Trinajstić information content (AvgIpc) is 2.73. The number of anilines is 1. The highest BCUT2D eigenvalue weighted by atomic mass is 16.2. The fourth-order valence-corrected chi connectivity index (χ4v) is 5.51. The predicted molar refractivity (Wildman–Crippen MR) is 116 cm³/mol. The Morgan fingerprint density at radius 2 is 1.63 bits per heavy atom. The number of aromatic nitrogens is 1. The lowest BCUT2D eigenvalue weighted by atomic mass is 9.52. The second-order valence-corrected chi connectivity index (χ2v) is 8.72. The Morgan fingerprint density at radius 3 is 2.17 bits per heavy atom. The molecule has 2 aromatic carbocycles. The summed E-state index contributed by atoms with van der Waals surface area (Å²) in [5.74, 6) is 0.724. The Labute approximate surface area is 176 Å². The molecule has 4 nitrogen and oxygen atoms in total. The predicted octanol–water partition coefficient (Wildman–Crippen LogP) is 5.20. The van der Waals surface area contributed by atoms with Gasteiger partial charge >= 0.3 is 0 Å². The maximum atomic E-state index is 13.7. The zero-order chi connectivity index (χ0) is 21.0. The van der Waals surface area contributed by atoms with Gasteiger partial charge in [0.25, 0.3) is 0 Å². The first-order valence-corrected chi connectivity index (χ1v) is 10.3. The summed E-state index contributed by atoms with van der Waals surface area (Å²) in [5, 5.41) is 12.4. The summed E-state index contributed by atoms with van der Waals surface area (Å²) in [4.78, 5) is 18.1. The third kappa shape index (κ3) is 2.52. The van der Waals surface area contributed by atoms with Crippen LogP contribution in [0.3, 0.4) is 0 Å². The Kier molecular flexibility index (Phi) is 4.04. The number of carbonyl (C=O) groups is 1. The van der Waals surface area contributed by atoms with Crippen molar-refractivity contribution in [3.8, 4) is 6.07 Å². The SMILES string of the molecule is Cc1cc(NC(=O)C2(C)CC3c4ccccc4C2c2ccccc23)nc(C)c1C#N. The average molecular weight is 393 g/mol. The van der Waals surface area contributed by atoms with E-state index in [1.165, 1.54) is 22.3 Å². The summed E-state index contributed by atoms with van der Waals surface area (Å²) in [6.07, 6.45) is 0.770. The Bertz CT molecular complexity index is 1170. The quantitative estimate of drug-likeness (QED) is 0.651. The molecule has 0 radical (unpaired) electrons. The van der Waals surface area contributed by atoms with Gasteiger partial charge in [-0.05, 0) is 61.1 Å². The van der Waals surface area contributed by atoms with Gasteiger partial charge in [0.05, 0.1) is 16.7 Å². The molecule has 0 saturated carbocycles. The molecule has 1 atom stereocenters. The molecule has 4 heteroatoms. The second kappa shape index (κ2) is 6.53. The van der Waals surface area contributed by atoms with Crippen LogP contribution < -0.4 is 5.32 Å². The Morgan fingerprint density at radius 1 is 1.07 bits per heavy atom. The standard InChI is InChI=1S/C26H23N3O/c1-15-12-23(28-16(2)22(15)14-27)29-25(30)26(3)13-21-17-8-4-6-10-19(17)24(26)20-11-7-5-9-18(20)21/h4-12,21,24H,13H2,1-3H3,(H,28,29,30). The molecule has 2 bridgehead atoms. The number of nitrogens with zero attached hydrogens (tertiary/aromatic N) is 2. The number of hydrogen-bond donors (Lipinski definition) is 1. The van der Waals surface area contributed by atoms with Crippen molar-refractivity contribution >= 4 is 11.7 Å². The normalized spacial score (nSPS) is 23.3. The van der Waals surface area contributed by atoms with Gasteiger partial charge < -0.3 is 5.32 Å². The summed E-state index contributed by atoms with van der Waals surface area (Å²) in [6.45, 7) is 5.76. The van der Waals surface area contributed by atoms with Crippen LogP contribution in [-0.2, 0) is 4.79 Å². The fraction of sp³-hybridized carbons (Fsp3) is 0.269. The molecule has 6 rings (SSSR count). The van der Waals surface area contributed by atoms with Gasteiger partial charge in [0.15, 0.2) is 0 Å². The molecule has 148 valence electrons. The minimum Gasteiger partial charge on any atom is -0.310 e. The van der Waals surface area contributed by atoms with Gasteiger partial charge in [0.1, 0.15) is 11.9 Å². The third-order valence-electron chi connectivity index (χ3n) is 6.90. The van der Waals surface area contributed by atoms with Gasteiger partial charge in [-0.1, -0.05) is 48.5 Å². The van der Waals surface area contributed by atoms with Crippen molar-refractivity contribution in [2.75, 3.05) is 5.32 Å². The van der Waals surface area contributed by atoms with Crippen LogP contribution in [0.1, 0.15) is 64.3 Å². The number of carbonyl (C=O) groups excluding carboxylic acids is 1. The lowest BCUT2D eigenvalue weighted by Crippen LogP contribution is -2.47. The van der Waals surface area contributed by atoms with E-state index in [9.17, 15) is 10.1 Å². The van der Waals surface area contributed by atoms with Crippen molar-refractivity contribution < 1.29 is 4.79 Å². The molecule has 3 aliphatic rings. The summed E-state index contributed by atoms with van der Waals surface area (Å²) in [7, 11) is 0. The van der Waals surface area contributed by atoms with E-state index in [2.05, 4.69) is 71.8 Å². The summed E-state index contributed by atoms with van der Waals surface area (Å²) >= 11 is 0. The van der Waals surface area contributed by atoms with Crippen LogP contribution in [0.15, 0.2) is 54.6 Å². The summed E-state index contributed by atoms with van der Waals surface area (Å²) < 4.78 is 0. The lowest BCUT2D eigenvalue weighted by Gasteiger charge is -2.50. The molecule has 0 spiro atoms. The third-order valence-corrected chi connectivity index (χ3v) is 6.90. The second-order valence-electron chi connectivity index (χ2n) is 8.72. The van der Waals surface area contributed by atoms with E-state index in [1.807, 2.05) is 6.92 Å². The summed E-state index contributed by atoms with van der Waals surface area (Å²) in [5.41, 5.74) is 6.65. The van der Waals surface area contributed by atoms with Crippen LogP contribution >= 0.6 is 0 Å². The molecule has 30 heavy (non-hydrogen) atoms.